The van der Waals surface area contributed by atoms with Crippen LogP contribution >= 0.6 is 0 Å². The number of rotatable bonds is 3. The zero-order valence-corrected chi connectivity index (χ0v) is 8.81. The van der Waals surface area contributed by atoms with Gasteiger partial charge in [-0.2, -0.15) is 0 Å². The van der Waals surface area contributed by atoms with Gasteiger partial charge in [0, 0.05) is 0 Å². The van der Waals surface area contributed by atoms with Gasteiger partial charge >= 0.3 is 0 Å². The average Bonchev–Trinajstić information content (AvgIpc) is 2.75. The number of likely N-dealkylation sites (tertiary alicyclic amines) is 1. The smallest absolute Gasteiger partial charge is 0.233 e. The van der Waals surface area contributed by atoms with Crippen molar-refractivity contribution in [2.45, 2.75) is 26.2 Å². The van der Waals surface area contributed by atoms with Gasteiger partial charge in [0.15, 0.2) is 0 Å². The Kier molecular flexibility index (Phi) is 2.59. The first-order chi connectivity index (χ1) is 7.19. The van der Waals surface area contributed by atoms with E-state index in [-0.39, 0.29) is 30.2 Å². The molecule has 1 aliphatic carbocycles. The van der Waals surface area contributed by atoms with Gasteiger partial charge in [-0.15, -0.1) is 0 Å². The predicted molar refractivity (Wildman–Crippen MR) is 52.8 cm³/mol. The van der Waals surface area contributed by atoms with E-state index in [1.54, 1.807) is 0 Å². The fraction of sp³-hybridized carbons (Fsp3) is 0.727. The van der Waals surface area contributed by atoms with Crippen molar-refractivity contribution >= 4 is 18.1 Å². The van der Waals surface area contributed by atoms with Gasteiger partial charge in [-0.05, 0) is 18.8 Å². The lowest BCUT2D eigenvalue weighted by Gasteiger charge is -2.14. The molecule has 2 rings (SSSR count). The van der Waals surface area contributed by atoms with E-state index in [0.717, 1.165) is 24.2 Å². The molecule has 2 unspecified atom stereocenters. The van der Waals surface area contributed by atoms with Gasteiger partial charge in [0.1, 0.15) is 6.29 Å². The van der Waals surface area contributed by atoms with Crippen molar-refractivity contribution in [1.82, 2.24) is 4.90 Å². The normalized spacial score (nSPS) is 34.7. The summed E-state index contributed by atoms with van der Waals surface area (Å²) in [6, 6.07) is 0. The zero-order chi connectivity index (χ0) is 11.0. The zero-order valence-electron chi connectivity index (χ0n) is 8.81. The molecule has 0 radical (unpaired) electrons. The number of carbonyl (C=O) groups is 3. The molecule has 2 aliphatic rings. The van der Waals surface area contributed by atoms with E-state index in [0.29, 0.717) is 12.2 Å². The summed E-state index contributed by atoms with van der Waals surface area (Å²) in [4.78, 5) is 35.1. The fourth-order valence-corrected chi connectivity index (χ4v) is 2.79. The second-order valence-electron chi connectivity index (χ2n) is 4.41. The Morgan fingerprint density at radius 1 is 1.27 bits per heavy atom. The van der Waals surface area contributed by atoms with Gasteiger partial charge in [-0.1, -0.05) is 13.3 Å². The number of imide groups is 1. The van der Waals surface area contributed by atoms with E-state index in [1.165, 1.54) is 0 Å². The Morgan fingerprint density at radius 2 is 1.80 bits per heavy atom. The molecule has 0 bridgehead atoms. The molecule has 2 amide bonds. The molecule has 15 heavy (non-hydrogen) atoms. The molecule has 1 heterocycles. The minimum absolute atomic E-state index is 0.0680. The predicted octanol–water partition coefficient (Wildman–Crippen LogP) is 0.606. The van der Waals surface area contributed by atoms with Crippen molar-refractivity contribution in [3.8, 4) is 0 Å². The van der Waals surface area contributed by atoms with Crippen LogP contribution in [0.5, 0.6) is 0 Å². The van der Waals surface area contributed by atoms with Crippen LogP contribution in [-0.4, -0.2) is 29.5 Å². The van der Waals surface area contributed by atoms with Crippen LogP contribution in [0.1, 0.15) is 26.2 Å². The Morgan fingerprint density at radius 3 is 2.20 bits per heavy atom. The van der Waals surface area contributed by atoms with Gasteiger partial charge in [-0.3, -0.25) is 14.5 Å². The Labute approximate surface area is 88.6 Å². The van der Waals surface area contributed by atoms with Crippen LogP contribution in [-0.2, 0) is 14.4 Å². The van der Waals surface area contributed by atoms with Crippen LogP contribution < -0.4 is 0 Å². The minimum atomic E-state index is -0.137. The maximum Gasteiger partial charge on any atom is 0.233 e. The van der Waals surface area contributed by atoms with Crippen molar-refractivity contribution in [2.24, 2.45) is 17.8 Å². The molecule has 0 aromatic heterocycles. The first-order valence-electron chi connectivity index (χ1n) is 5.47. The van der Waals surface area contributed by atoms with E-state index >= 15 is 0 Å². The van der Waals surface area contributed by atoms with E-state index < -0.39 is 0 Å². The summed E-state index contributed by atoms with van der Waals surface area (Å²) in [7, 11) is 0. The molecule has 0 aromatic rings. The third-order valence-electron chi connectivity index (χ3n) is 3.66. The van der Waals surface area contributed by atoms with Crippen molar-refractivity contribution in [1.29, 1.82) is 0 Å². The van der Waals surface area contributed by atoms with Gasteiger partial charge in [0.05, 0.1) is 18.4 Å². The number of hydrogen-bond donors (Lipinski definition) is 0. The number of fused-ring (bicyclic) bond motifs is 1. The van der Waals surface area contributed by atoms with Gasteiger partial charge in [0.25, 0.3) is 0 Å². The van der Waals surface area contributed by atoms with Crippen LogP contribution in [0.25, 0.3) is 0 Å². The van der Waals surface area contributed by atoms with Crippen molar-refractivity contribution in [3.63, 3.8) is 0 Å². The molecule has 4 nitrogen and oxygen atoms in total. The third kappa shape index (κ3) is 1.48. The molecule has 1 saturated carbocycles. The summed E-state index contributed by atoms with van der Waals surface area (Å²) >= 11 is 0. The number of amides is 2. The first-order valence-corrected chi connectivity index (χ1v) is 5.47. The van der Waals surface area contributed by atoms with Gasteiger partial charge < -0.3 is 4.79 Å². The molecule has 2 fully saturated rings. The lowest BCUT2D eigenvalue weighted by molar-refractivity contribution is -0.142. The van der Waals surface area contributed by atoms with Crippen LogP contribution in [0.15, 0.2) is 0 Å². The van der Waals surface area contributed by atoms with E-state index in [2.05, 4.69) is 6.92 Å². The molecule has 1 aliphatic heterocycles. The first kappa shape index (κ1) is 10.3. The summed E-state index contributed by atoms with van der Waals surface area (Å²) < 4.78 is 0. The summed E-state index contributed by atoms with van der Waals surface area (Å²) in [5.74, 6) is -0.0304. The molecule has 0 spiro atoms. The molecule has 82 valence electrons. The van der Waals surface area contributed by atoms with Crippen molar-refractivity contribution in [3.05, 3.63) is 0 Å². The third-order valence-corrected chi connectivity index (χ3v) is 3.66. The summed E-state index contributed by atoms with van der Waals surface area (Å²) in [6.07, 6.45) is 3.29. The second kappa shape index (κ2) is 3.76. The largest absolute Gasteiger partial charge is 0.301 e. The van der Waals surface area contributed by atoms with E-state index in [9.17, 15) is 14.4 Å². The Bertz CT molecular complexity index is 289. The standard InChI is InChI=1S/C11H15NO3/c1-2-7-5-8-9(6-7)11(15)12(3-4-13)10(8)14/h4,7-9H,2-3,5-6H2,1H3. The highest BCUT2D eigenvalue weighted by Crippen LogP contribution is 2.43. The highest BCUT2D eigenvalue weighted by atomic mass is 16.2. The summed E-state index contributed by atoms with van der Waals surface area (Å²) in [5, 5.41) is 0. The highest BCUT2D eigenvalue weighted by Gasteiger charge is 2.51. The van der Waals surface area contributed by atoms with Gasteiger partial charge in [-0.25, -0.2) is 0 Å². The Hall–Kier alpha value is -1.19. The maximum absolute atomic E-state index is 11.8. The fourth-order valence-electron chi connectivity index (χ4n) is 2.79. The minimum Gasteiger partial charge on any atom is -0.301 e. The number of aldehydes is 1. The maximum atomic E-state index is 11.8. The number of hydrogen-bond acceptors (Lipinski definition) is 3. The molecule has 1 saturated heterocycles. The van der Waals surface area contributed by atoms with E-state index in [1.807, 2.05) is 0 Å². The monoisotopic (exact) mass is 209 g/mol. The quantitative estimate of drug-likeness (QED) is 0.505. The molecular weight excluding hydrogens is 194 g/mol. The lowest BCUT2D eigenvalue weighted by Crippen LogP contribution is -2.33. The molecule has 2 atom stereocenters. The van der Waals surface area contributed by atoms with Crippen LogP contribution in [0.3, 0.4) is 0 Å². The molecule has 0 aromatic carbocycles. The van der Waals surface area contributed by atoms with Gasteiger partial charge in [0.2, 0.25) is 11.8 Å². The molecule has 0 N–H and O–H groups in total. The summed E-state index contributed by atoms with van der Waals surface area (Å²) in [6.45, 7) is 2.02. The second-order valence-corrected chi connectivity index (χ2v) is 4.41. The Balaban J connectivity index is 2.14. The van der Waals surface area contributed by atoms with Crippen molar-refractivity contribution < 1.29 is 14.4 Å². The number of nitrogens with zero attached hydrogens (tertiary/aromatic N) is 1. The van der Waals surface area contributed by atoms with Crippen LogP contribution in [0, 0.1) is 17.8 Å². The molecular formula is C11H15NO3. The van der Waals surface area contributed by atoms with E-state index in [4.69, 9.17) is 0 Å². The summed E-state index contributed by atoms with van der Waals surface area (Å²) in [5.41, 5.74) is 0. The highest BCUT2D eigenvalue weighted by molar-refractivity contribution is 6.06. The average molecular weight is 209 g/mol. The van der Waals surface area contributed by atoms with Crippen molar-refractivity contribution in [2.75, 3.05) is 6.54 Å². The SMILES string of the molecule is CCC1CC2C(=O)N(CC=O)C(=O)C2C1. The van der Waals surface area contributed by atoms with Crippen LogP contribution in [0.4, 0.5) is 0 Å². The number of carbonyl (C=O) groups excluding carboxylic acids is 3. The van der Waals surface area contributed by atoms with Crippen LogP contribution in [0.2, 0.25) is 0 Å². The lowest BCUT2D eigenvalue weighted by atomic mass is 10.00. The topological polar surface area (TPSA) is 54.5 Å². The molecule has 4 heteroatoms.